The van der Waals surface area contributed by atoms with Gasteiger partial charge in [-0.3, -0.25) is 0 Å². The van der Waals surface area contributed by atoms with Crippen molar-refractivity contribution < 1.29 is 9.47 Å². The molecule has 0 spiro atoms. The third kappa shape index (κ3) is 5.10. The number of nitrogens with zero attached hydrogens (tertiary/aromatic N) is 1. The Bertz CT molecular complexity index is 746. The average molecular weight is 359 g/mol. The van der Waals surface area contributed by atoms with E-state index in [1.807, 2.05) is 37.1 Å². The van der Waals surface area contributed by atoms with Crippen LogP contribution in [0.1, 0.15) is 23.6 Å². The quantitative estimate of drug-likeness (QED) is 0.767. The average Bonchev–Trinajstić information content (AvgIpc) is 2.59. The first-order valence-corrected chi connectivity index (χ1v) is 8.74. The number of aryl methyl sites for hydroxylation is 2. The van der Waals surface area contributed by atoms with Gasteiger partial charge in [-0.1, -0.05) is 18.2 Å². The third-order valence-electron chi connectivity index (χ3n) is 3.93. The van der Waals surface area contributed by atoms with Crippen molar-refractivity contribution >= 4 is 23.0 Å². The molecule has 0 aromatic heterocycles. The van der Waals surface area contributed by atoms with Crippen LogP contribution >= 0.6 is 12.2 Å². The summed E-state index contributed by atoms with van der Waals surface area (Å²) in [4.78, 5) is 2.01. The maximum absolute atomic E-state index is 5.56. The molecule has 0 aliphatic heterocycles. The minimum absolute atomic E-state index is 0.611. The molecule has 0 aliphatic carbocycles. The van der Waals surface area contributed by atoms with E-state index in [2.05, 4.69) is 37.4 Å². The zero-order chi connectivity index (χ0) is 18.4. The molecule has 0 unspecified atom stereocenters. The number of nitrogens with one attached hydrogen (secondary N) is 1. The summed E-state index contributed by atoms with van der Waals surface area (Å²) in [7, 11) is 3.63. The van der Waals surface area contributed by atoms with Crippen molar-refractivity contribution in [1.82, 2.24) is 4.90 Å². The molecule has 134 valence electrons. The fourth-order valence-electron chi connectivity index (χ4n) is 2.51. The Morgan fingerprint density at radius 1 is 1.12 bits per heavy atom. The van der Waals surface area contributed by atoms with Gasteiger partial charge in [0.25, 0.3) is 0 Å². The van der Waals surface area contributed by atoms with E-state index in [0.717, 1.165) is 22.7 Å². The van der Waals surface area contributed by atoms with Crippen LogP contribution in [0.2, 0.25) is 0 Å². The molecule has 0 radical (unpaired) electrons. The highest BCUT2D eigenvalue weighted by Gasteiger charge is 2.10. The Kier molecular flexibility index (Phi) is 6.65. The van der Waals surface area contributed by atoms with Gasteiger partial charge in [0.2, 0.25) is 0 Å². The van der Waals surface area contributed by atoms with Gasteiger partial charge in [0.05, 0.1) is 13.7 Å². The highest BCUT2D eigenvalue weighted by atomic mass is 32.1. The Morgan fingerprint density at radius 3 is 2.56 bits per heavy atom. The number of hydrogen-bond acceptors (Lipinski definition) is 3. The van der Waals surface area contributed by atoms with Gasteiger partial charge in [-0.2, -0.15) is 0 Å². The van der Waals surface area contributed by atoms with Gasteiger partial charge in [-0.05, 0) is 67.9 Å². The molecule has 25 heavy (non-hydrogen) atoms. The molecule has 0 heterocycles. The molecule has 2 aromatic rings. The van der Waals surface area contributed by atoms with Gasteiger partial charge in [-0.25, -0.2) is 0 Å². The lowest BCUT2D eigenvalue weighted by atomic mass is 10.1. The fourth-order valence-corrected chi connectivity index (χ4v) is 2.69. The van der Waals surface area contributed by atoms with E-state index in [-0.39, 0.29) is 0 Å². The van der Waals surface area contributed by atoms with E-state index in [4.69, 9.17) is 21.7 Å². The maximum Gasteiger partial charge on any atom is 0.173 e. The number of methoxy groups -OCH3 is 1. The predicted octanol–water partition coefficient (Wildman–Crippen LogP) is 4.54. The van der Waals surface area contributed by atoms with Crippen LogP contribution in [0.25, 0.3) is 0 Å². The molecule has 0 atom stereocenters. The van der Waals surface area contributed by atoms with Crippen molar-refractivity contribution in [2.45, 2.75) is 27.3 Å². The lowest BCUT2D eigenvalue weighted by Crippen LogP contribution is -2.30. The van der Waals surface area contributed by atoms with E-state index in [9.17, 15) is 0 Å². The predicted molar refractivity (Wildman–Crippen MR) is 108 cm³/mol. The van der Waals surface area contributed by atoms with Crippen molar-refractivity contribution in [3.63, 3.8) is 0 Å². The molecule has 0 saturated heterocycles. The summed E-state index contributed by atoms with van der Waals surface area (Å²) >= 11 is 5.55. The first kappa shape index (κ1) is 19.1. The van der Waals surface area contributed by atoms with Gasteiger partial charge in [0, 0.05) is 19.3 Å². The normalized spacial score (nSPS) is 10.3. The molecule has 0 bridgehead atoms. The summed E-state index contributed by atoms with van der Waals surface area (Å²) in [6.45, 7) is 7.39. The van der Waals surface area contributed by atoms with Crippen LogP contribution in [0.5, 0.6) is 11.5 Å². The standard InChI is InChI=1S/C20H26N2O2S/c1-6-24-18-10-9-16(12-19(18)23-5)13-22(4)20(25)21-17-11-14(2)7-8-15(17)3/h7-12H,6,13H2,1-5H3,(H,21,25). The van der Waals surface area contributed by atoms with E-state index >= 15 is 0 Å². The number of thiocarbonyl (C=S) groups is 1. The summed E-state index contributed by atoms with van der Waals surface area (Å²) < 4.78 is 11.0. The zero-order valence-electron chi connectivity index (χ0n) is 15.6. The second-order valence-electron chi connectivity index (χ2n) is 6.02. The topological polar surface area (TPSA) is 33.7 Å². The Hall–Kier alpha value is -2.27. The van der Waals surface area contributed by atoms with Crippen LogP contribution in [-0.2, 0) is 6.54 Å². The van der Waals surface area contributed by atoms with Crippen molar-refractivity contribution in [3.05, 3.63) is 53.1 Å². The van der Waals surface area contributed by atoms with Gasteiger partial charge < -0.3 is 19.7 Å². The van der Waals surface area contributed by atoms with Crippen LogP contribution in [0.4, 0.5) is 5.69 Å². The molecular formula is C20H26N2O2S. The Balaban J connectivity index is 2.07. The molecular weight excluding hydrogens is 332 g/mol. The van der Waals surface area contributed by atoms with E-state index < -0.39 is 0 Å². The highest BCUT2D eigenvalue weighted by Crippen LogP contribution is 2.28. The second kappa shape index (κ2) is 8.72. The summed E-state index contributed by atoms with van der Waals surface area (Å²) in [5, 5.41) is 4.01. The molecule has 0 fully saturated rings. The SMILES string of the molecule is CCOc1ccc(CN(C)C(=S)Nc2cc(C)ccc2C)cc1OC. The smallest absolute Gasteiger partial charge is 0.173 e. The van der Waals surface area contributed by atoms with E-state index in [1.54, 1.807) is 7.11 Å². The van der Waals surface area contributed by atoms with Crippen molar-refractivity contribution in [1.29, 1.82) is 0 Å². The van der Waals surface area contributed by atoms with Crippen molar-refractivity contribution in [2.75, 3.05) is 26.1 Å². The van der Waals surface area contributed by atoms with Crippen molar-refractivity contribution in [2.24, 2.45) is 0 Å². The minimum Gasteiger partial charge on any atom is -0.493 e. The first-order chi connectivity index (χ1) is 11.9. The van der Waals surface area contributed by atoms with E-state index in [1.165, 1.54) is 11.1 Å². The van der Waals surface area contributed by atoms with Gasteiger partial charge in [0.1, 0.15) is 0 Å². The number of rotatable bonds is 6. The van der Waals surface area contributed by atoms with Gasteiger partial charge >= 0.3 is 0 Å². The van der Waals surface area contributed by atoms with E-state index in [0.29, 0.717) is 18.3 Å². The molecule has 1 N–H and O–H groups in total. The third-order valence-corrected chi connectivity index (χ3v) is 4.34. The highest BCUT2D eigenvalue weighted by molar-refractivity contribution is 7.80. The summed E-state index contributed by atoms with van der Waals surface area (Å²) in [5.74, 6) is 1.49. The molecule has 0 aliphatic rings. The molecule has 4 nitrogen and oxygen atoms in total. The number of benzene rings is 2. The van der Waals surface area contributed by atoms with Crippen LogP contribution in [0.3, 0.4) is 0 Å². The lowest BCUT2D eigenvalue weighted by molar-refractivity contribution is 0.310. The largest absolute Gasteiger partial charge is 0.493 e. The molecule has 0 amide bonds. The molecule has 5 heteroatoms. The lowest BCUT2D eigenvalue weighted by Gasteiger charge is -2.22. The number of ether oxygens (including phenoxy) is 2. The minimum atomic E-state index is 0.611. The van der Waals surface area contributed by atoms with Crippen LogP contribution in [-0.4, -0.2) is 30.8 Å². The number of anilines is 1. The zero-order valence-corrected chi connectivity index (χ0v) is 16.4. The molecule has 2 aromatic carbocycles. The molecule has 0 saturated carbocycles. The number of hydrogen-bond donors (Lipinski definition) is 1. The van der Waals surface area contributed by atoms with Crippen LogP contribution < -0.4 is 14.8 Å². The summed E-state index contributed by atoms with van der Waals surface area (Å²) in [6, 6.07) is 12.3. The van der Waals surface area contributed by atoms with Gasteiger partial charge in [-0.15, -0.1) is 0 Å². The monoisotopic (exact) mass is 358 g/mol. The van der Waals surface area contributed by atoms with Crippen LogP contribution in [0.15, 0.2) is 36.4 Å². The van der Waals surface area contributed by atoms with Gasteiger partial charge in [0.15, 0.2) is 16.6 Å². The Labute approximate surface area is 155 Å². The summed E-state index contributed by atoms with van der Waals surface area (Å²) in [6.07, 6.45) is 0. The maximum atomic E-state index is 5.56. The first-order valence-electron chi connectivity index (χ1n) is 8.33. The second-order valence-corrected chi connectivity index (χ2v) is 6.41. The molecule has 2 rings (SSSR count). The van der Waals surface area contributed by atoms with Crippen molar-refractivity contribution in [3.8, 4) is 11.5 Å². The fraction of sp³-hybridized carbons (Fsp3) is 0.350. The summed E-state index contributed by atoms with van der Waals surface area (Å²) in [5.41, 5.74) is 4.52. The Morgan fingerprint density at radius 2 is 1.88 bits per heavy atom. The van der Waals surface area contributed by atoms with Crippen LogP contribution in [0, 0.1) is 13.8 Å².